The topological polar surface area (TPSA) is 39.1 Å². The first-order valence-corrected chi connectivity index (χ1v) is 7.33. The van der Waals surface area contributed by atoms with Crippen molar-refractivity contribution < 1.29 is 4.74 Å². The molecule has 0 saturated carbocycles. The summed E-state index contributed by atoms with van der Waals surface area (Å²) in [6, 6.07) is 8.83. The van der Waals surface area contributed by atoms with Crippen LogP contribution in [0.3, 0.4) is 0 Å². The average molecular weight is 275 g/mol. The summed E-state index contributed by atoms with van der Waals surface area (Å²) in [4.78, 5) is 4.75. The molecule has 2 unspecified atom stereocenters. The van der Waals surface area contributed by atoms with Crippen molar-refractivity contribution in [1.29, 1.82) is 0 Å². The van der Waals surface area contributed by atoms with E-state index in [-0.39, 0.29) is 6.04 Å². The Morgan fingerprint density at radius 2 is 2.10 bits per heavy atom. The Balaban J connectivity index is 2.17. The summed E-state index contributed by atoms with van der Waals surface area (Å²) in [5.41, 5.74) is 2.23. The zero-order valence-corrected chi connectivity index (χ0v) is 12.9. The highest BCUT2D eigenvalue weighted by Crippen LogP contribution is 2.19. The summed E-state index contributed by atoms with van der Waals surface area (Å²) in [6.45, 7) is 5.10. The minimum Gasteiger partial charge on any atom is -0.383 e. The van der Waals surface area contributed by atoms with Gasteiger partial charge in [0.25, 0.3) is 0 Å². The zero-order chi connectivity index (χ0) is 14.5. The van der Waals surface area contributed by atoms with Crippen LogP contribution in [-0.4, -0.2) is 29.3 Å². The number of ether oxygens (including phenoxy) is 1. The van der Waals surface area contributed by atoms with Gasteiger partial charge in [0.05, 0.1) is 23.7 Å². The summed E-state index contributed by atoms with van der Waals surface area (Å²) in [5.74, 6) is 1.07. The summed E-state index contributed by atoms with van der Waals surface area (Å²) in [5, 5.41) is 3.63. The van der Waals surface area contributed by atoms with Crippen molar-refractivity contribution in [2.45, 2.75) is 38.8 Å². The lowest BCUT2D eigenvalue weighted by Crippen LogP contribution is -2.36. The number of para-hydroxylation sites is 2. The Hall–Kier alpha value is -1.39. The molecule has 2 rings (SSSR count). The van der Waals surface area contributed by atoms with Crippen LogP contribution < -0.4 is 5.32 Å². The van der Waals surface area contributed by atoms with Crippen LogP contribution in [0.5, 0.6) is 0 Å². The molecule has 0 aliphatic rings. The first kappa shape index (κ1) is 15.0. The van der Waals surface area contributed by atoms with Gasteiger partial charge in [-0.2, -0.15) is 0 Å². The molecule has 1 aromatic carbocycles. The first-order chi connectivity index (χ1) is 9.67. The smallest absolute Gasteiger partial charge is 0.126 e. The summed E-state index contributed by atoms with van der Waals surface area (Å²) in [6.07, 6.45) is 2.26. The molecule has 4 heteroatoms. The van der Waals surface area contributed by atoms with Crippen molar-refractivity contribution in [2.75, 3.05) is 13.7 Å². The van der Waals surface area contributed by atoms with Crippen molar-refractivity contribution >= 4 is 11.0 Å². The molecule has 2 atom stereocenters. The molecule has 2 aromatic rings. The monoisotopic (exact) mass is 275 g/mol. The van der Waals surface area contributed by atoms with Gasteiger partial charge < -0.3 is 14.6 Å². The number of hydrogen-bond donors (Lipinski definition) is 1. The largest absolute Gasteiger partial charge is 0.383 e. The van der Waals surface area contributed by atoms with E-state index in [1.54, 1.807) is 7.11 Å². The lowest BCUT2D eigenvalue weighted by Gasteiger charge is -2.22. The van der Waals surface area contributed by atoms with Crippen LogP contribution in [0.25, 0.3) is 11.0 Å². The Labute approximate surface area is 121 Å². The van der Waals surface area contributed by atoms with Crippen molar-refractivity contribution in [1.82, 2.24) is 14.9 Å². The van der Waals surface area contributed by atoms with E-state index >= 15 is 0 Å². The molecule has 20 heavy (non-hydrogen) atoms. The second kappa shape index (κ2) is 6.86. The molecule has 1 aromatic heterocycles. The third-order valence-electron chi connectivity index (χ3n) is 3.70. The van der Waals surface area contributed by atoms with E-state index in [4.69, 9.17) is 9.72 Å². The van der Waals surface area contributed by atoms with E-state index in [0.29, 0.717) is 6.04 Å². The minimum absolute atomic E-state index is 0.207. The number of hydrogen-bond acceptors (Lipinski definition) is 3. The standard InChI is InChI=1S/C16H25N3O/c1-5-8-13(11-20-4)17-12(2)16-18-14-9-6-7-10-15(14)19(16)3/h6-7,9-10,12-13,17H,5,8,11H2,1-4H3. The number of nitrogens with zero attached hydrogens (tertiary/aromatic N) is 2. The van der Waals surface area contributed by atoms with Crippen LogP contribution in [-0.2, 0) is 11.8 Å². The lowest BCUT2D eigenvalue weighted by molar-refractivity contribution is 0.156. The number of fused-ring (bicyclic) bond motifs is 1. The van der Waals surface area contributed by atoms with Gasteiger partial charge in [-0.15, -0.1) is 0 Å². The normalized spacial score (nSPS) is 14.6. The maximum atomic E-state index is 5.29. The fraction of sp³-hybridized carbons (Fsp3) is 0.562. The Kier molecular flexibility index (Phi) is 5.15. The second-order valence-corrected chi connectivity index (χ2v) is 5.35. The molecule has 1 N–H and O–H groups in total. The van der Waals surface area contributed by atoms with Crippen molar-refractivity contribution in [3.63, 3.8) is 0 Å². The molecule has 0 spiro atoms. The van der Waals surface area contributed by atoms with Gasteiger partial charge in [0.1, 0.15) is 5.82 Å². The molecule has 0 bridgehead atoms. The van der Waals surface area contributed by atoms with Gasteiger partial charge in [-0.05, 0) is 25.5 Å². The van der Waals surface area contributed by atoms with Gasteiger partial charge in [-0.25, -0.2) is 4.98 Å². The van der Waals surface area contributed by atoms with E-state index in [2.05, 4.69) is 49.0 Å². The van der Waals surface area contributed by atoms with Crippen LogP contribution in [0.4, 0.5) is 0 Å². The molecular formula is C16H25N3O. The highest BCUT2D eigenvalue weighted by atomic mass is 16.5. The lowest BCUT2D eigenvalue weighted by atomic mass is 10.1. The van der Waals surface area contributed by atoms with E-state index < -0.39 is 0 Å². The van der Waals surface area contributed by atoms with Crippen LogP contribution >= 0.6 is 0 Å². The highest BCUT2D eigenvalue weighted by molar-refractivity contribution is 5.75. The van der Waals surface area contributed by atoms with Crippen LogP contribution in [0.15, 0.2) is 24.3 Å². The van der Waals surface area contributed by atoms with Crippen molar-refractivity contribution in [3.8, 4) is 0 Å². The van der Waals surface area contributed by atoms with Crippen molar-refractivity contribution in [2.24, 2.45) is 7.05 Å². The first-order valence-electron chi connectivity index (χ1n) is 7.33. The Morgan fingerprint density at radius 3 is 2.75 bits per heavy atom. The number of rotatable bonds is 7. The van der Waals surface area contributed by atoms with E-state index in [0.717, 1.165) is 30.8 Å². The Bertz CT molecular complexity index is 544. The van der Waals surface area contributed by atoms with Crippen LogP contribution in [0, 0.1) is 0 Å². The summed E-state index contributed by atoms with van der Waals surface area (Å²) < 4.78 is 7.46. The molecule has 0 aliphatic heterocycles. The number of aromatic nitrogens is 2. The van der Waals surface area contributed by atoms with Gasteiger partial charge in [0, 0.05) is 20.2 Å². The van der Waals surface area contributed by atoms with Crippen LogP contribution in [0.1, 0.15) is 38.6 Å². The van der Waals surface area contributed by atoms with E-state index in [9.17, 15) is 0 Å². The molecule has 1 heterocycles. The third kappa shape index (κ3) is 3.19. The fourth-order valence-electron chi connectivity index (χ4n) is 2.74. The second-order valence-electron chi connectivity index (χ2n) is 5.35. The maximum absolute atomic E-state index is 5.29. The third-order valence-corrected chi connectivity index (χ3v) is 3.70. The maximum Gasteiger partial charge on any atom is 0.126 e. The molecule has 0 saturated heterocycles. The summed E-state index contributed by atoms with van der Waals surface area (Å²) >= 11 is 0. The number of benzene rings is 1. The molecule has 0 fully saturated rings. The average Bonchev–Trinajstić information content (AvgIpc) is 2.77. The van der Waals surface area contributed by atoms with Crippen molar-refractivity contribution in [3.05, 3.63) is 30.1 Å². The quantitative estimate of drug-likeness (QED) is 0.844. The van der Waals surface area contributed by atoms with Gasteiger partial charge in [-0.3, -0.25) is 0 Å². The Morgan fingerprint density at radius 1 is 1.35 bits per heavy atom. The number of imidazole rings is 1. The SMILES string of the molecule is CCCC(COC)NC(C)c1nc2ccccc2n1C. The number of nitrogens with one attached hydrogen (secondary N) is 1. The summed E-state index contributed by atoms with van der Waals surface area (Å²) in [7, 11) is 3.83. The van der Waals surface area contributed by atoms with Gasteiger partial charge in [0.15, 0.2) is 0 Å². The molecule has 0 radical (unpaired) electrons. The number of aryl methyl sites for hydroxylation is 1. The van der Waals surface area contributed by atoms with Gasteiger partial charge >= 0.3 is 0 Å². The van der Waals surface area contributed by atoms with Gasteiger partial charge in [-0.1, -0.05) is 25.5 Å². The molecular weight excluding hydrogens is 250 g/mol. The predicted octanol–water partition coefficient (Wildman–Crippen LogP) is 3.04. The molecule has 4 nitrogen and oxygen atoms in total. The van der Waals surface area contributed by atoms with Gasteiger partial charge in [0.2, 0.25) is 0 Å². The predicted molar refractivity (Wildman–Crippen MR) is 82.8 cm³/mol. The molecule has 110 valence electrons. The zero-order valence-electron chi connectivity index (χ0n) is 12.9. The minimum atomic E-state index is 0.207. The fourth-order valence-corrected chi connectivity index (χ4v) is 2.74. The molecule has 0 amide bonds. The molecule has 0 aliphatic carbocycles. The highest BCUT2D eigenvalue weighted by Gasteiger charge is 2.17. The van der Waals surface area contributed by atoms with E-state index in [1.165, 1.54) is 5.52 Å². The van der Waals surface area contributed by atoms with E-state index in [1.807, 2.05) is 6.07 Å². The number of methoxy groups -OCH3 is 1. The van der Waals surface area contributed by atoms with Crippen LogP contribution in [0.2, 0.25) is 0 Å².